The first-order valence-electron chi connectivity index (χ1n) is 8.33. The van der Waals surface area contributed by atoms with Crippen molar-refractivity contribution in [2.75, 3.05) is 12.3 Å². The summed E-state index contributed by atoms with van der Waals surface area (Å²) < 4.78 is 30.0. The number of Topliss-reactive ketones (excluding diaryl/α,β-unsaturated/α-hetero) is 1. The number of ketones is 1. The van der Waals surface area contributed by atoms with E-state index in [4.69, 9.17) is 4.55 Å². The number of allylic oxidation sites excluding steroid dienone is 1. The smallest absolute Gasteiger partial charge is 0.266 e. The van der Waals surface area contributed by atoms with Gasteiger partial charge in [0.25, 0.3) is 10.1 Å². The van der Waals surface area contributed by atoms with Gasteiger partial charge in [-0.1, -0.05) is 24.3 Å². The molecule has 1 atom stereocenters. The molecule has 1 aromatic carbocycles. The first kappa shape index (κ1) is 19.3. The van der Waals surface area contributed by atoms with Crippen molar-refractivity contribution in [3.63, 3.8) is 0 Å². The van der Waals surface area contributed by atoms with E-state index in [1.165, 1.54) is 0 Å². The van der Waals surface area contributed by atoms with Crippen molar-refractivity contribution in [3.05, 3.63) is 41.0 Å². The Labute approximate surface area is 148 Å². The summed E-state index contributed by atoms with van der Waals surface area (Å²) in [5.41, 5.74) is 2.57. The summed E-state index contributed by atoms with van der Waals surface area (Å²) in [6, 6.07) is 7.39. The van der Waals surface area contributed by atoms with Crippen molar-refractivity contribution in [2.24, 2.45) is 0 Å². The Morgan fingerprint density at radius 2 is 1.88 bits per heavy atom. The fourth-order valence-corrected chi connectivity index (χ4v) is 3.10. The molecule has 2 N–H and O–H groups in total. The zero-order chi connectivity index (χ0) is 18.4. The molecule has 0 unspecified atom stereocenters. The molecule has 6 nitrogen and oxygen atoms in total. The highest BCUT2D eigenvalue weighted by Crippen LogP contribution is 2.23. The molecule has 0 radical (unpaired) electrons. The average Bonchev–Trinajstić information content (AvgIpc) is 2.56. The van der Waals surface area contributed by atoms with Crippen molar-refractivity contribution >= 4 is 27.9 Å². The molecule has 1 aliphatic carbocycles. The van der Waals surface area contributed by atoms with Crippen LogP contribution in [-0.2, 0) is 19.7 Å². The van der Waals surface area contributed by atoms with E-state index in [-0.39, 0.29) is 18.2 Å². The molecule has 0 aromatic heterocycles. The Bertz CT molecular complexity index is 765. The summed E-state index contributed by atoms with van der Waals surface area (Å²) in [6.07, 6.45) is 5.33. The Hall–Kier alpha value is -1.99. The van der Waals surface area contributed by atoms with E-state index in [1.807, 2.05) is 30.3 Å². The van der Waals surface area contributed by atoms with Crippen LogP contribution in [0.25, 0.3) is 6.08 Å². The van der Waals surface area contributed by atoms with Gasteiger partial charge < -0.3 is 5.32 Å². The van der Waals surface area contributed by atoms with E-state index in [0.717, 1.165) is 36.0 Å². The molecule has 1 saturated carbocycles. The normalized spacial score (nSPS) is 18.2. The van der Waals surface area contributed by atoms with Crippen LogP contribution >= 0.6 is 0 Å². The number of carbonyl (C=O) groups excluding carboxylic acids is 2. The van der Waals surface area contributed by atoms with E-state index >= 15 is 0 Å². The summed E-state index contributed by atoms with van der Waals surface area (Å²) in [6.45, 7) is 1.59. The van der Waals surface area contributed by atoms with Crippen LogP contribution in [0.4, 0.5) is 0 Å². The predicted molar refractivity (Wildman–Crippen MR) is 95.7 cm³/mol. The molecule has 136 valence electrons. The number of nitrogens with one attached hydrogen (secondary N) is 1. The molecule has 1 fully saturated rings. The molecule has 0 heterocycles. The maximum absolute atomic E-state index is 12.0. The quantitative estimate of drug-likeness (QED) is 0.595. The van der Waals surface area contributed by atoms with Gasteiger partial charge in [-0.3, -0.25) is 14.1 Å². The number of amides is 1. The Morgan fingerprint density at radius 1 is 1.24 bits per heavy atom. The van der Waals surface area contributed by atoms with Gasteiger partial charge >= 0.3 is 0 Å². The Morgan fingerprint density at radius 3 is 2.48 bits per heavy atom. The van der Waals surface area contributed by atoms with Gasteiger partial charge in [0, 0.05) is 13.0 Å². The van der Waals surface area contributed by atoms with E-state index in [2.05, 4.69) is 5.32 Å². The SMILES string of the molecule is C[C@H](C(=O)NCCS(=O)(=O)O)c1ccc(C=C2CCCCC2=O)cc1. The van der Waals surface area contributed by atoms with Gasteiger partial charge in [-0.05, 0) is 49.0 Å². The third kappa shape index (κ3) is 6.10. The van der Waals surface area contributed by atoms with Crippen LogP contribution in [0.3, 0.4) is 0 Å². The Balaban J connectivity index is 1.97. The first-order valence-corrected chi connectivity index (χ1v) is 9.94. The highest BCUT2D eigenvalue weighted by Gasteiger charge is 2.17. The number of rotatable bonds is 6. The van der Waals surface area contributed by atoms with Gasteiger partial charge in [0.2, 0.25) is 5.91 Å². The number of benzene rings is 1. The summed E-state index contributed by atoms with van der Waals surface area (Å²) >= 11 is 0. The topological polar surface area (TPSA) is 101 Å². The van der Waals surface area contributed by atoms with Gasteiger partial charge in [-0.15, -0.1) is 0 Å². The molecule has 0 spiro atoms. The van der Waals surface area contributed by atoms with Crippen LogP contribution in [0.15, 0.2) is 29.8 Å². The summed E-state index contributed by atoms with van der Waals surface area (Å²) in [7, 11) is -4.08. The van der Waals surface area contributed by atoms with Crippen LogP contribution in [0.2, 0.25) is 0 Å². The third-order valence-electron chi connectivity index (χ3n) is 4.29. The van der Waals surface area contributed by atoms with E-state index in [0.29, 0.717) is 6.42 Å². The van der Waals surface area contributed by atoms with Gasteiger partial charge in [0.15, 0.2) is 5.78 Å². The maximum Gasteiger partial charge on any atom is 0.266 e. The molecular formula is C18H23NO5S. The minimum atomic E-state index is -4.08. The third-order valence-corrected chi connectivity index (χ3v) is 5.01. The van der Waals surface area contributed by atoms with Gasteiger partial charge in [-0.25, -0.2) is 0 Å². The zero-order valence-corrected chi connectivity index (χ0v) is 15.0. The van der Waals surface area contributed by atoms with Crippen molar-refractivity contribution in [2.45, 2.75) is 38.5 Å². The van der Waals surface area contributed by atoms with E-state index in [1.54, 1.807) is 6.92 Å². The average molecular weight is 365 g/mol. The molecular weight excluding hydrogens is 342 g/mol. The van der Waals surface area contributed by atoms with Crippen LogP contribution in [0.1, 0.15) is 49.7 Å². The molecule has 1 amide bonds. The van der Waals surface area contributed by atoms with Crippen LogP contribution < -0.4 is 5.32 Å². The lowest BCUT2D eigenvalue weighted by Crippen LogP contribution is -2.32. The maximum atomic E-state index is 12.0. The van der Waals surface area contributed by atoms with Gasteiger partial charge in [0.1, 0.15) is 0 Å². The standard InChI is InChI=1S/C18H23NO5S/c1-13(18(21)19-10-11-25(22,23)24)15-8-6-14(7-9-15)12-16-4-2-3-5-17(16)20/h6-9,12-13H,2-5,10-11H2,1H3,(H,19,21)(H,22,23,24)/t13-/m0/s1. The monoisotopic (exact) mass is 365 g/mol. The first-order chi connectivity index (χ1) is 11.8. The Kier molecular flexibility index (Phi) is 6.50. The van der Waals surface area contributed by atoms with Crippen LogP contribution in [0, 0.1) is 0 Å². The molecule has 0 aliphatic heterocycles. The number of hydrogen-bond donors (Lipinski definition) is 2. The second-order valence-electron chi connectivity index (χ2n) is 6.27. The molecule has 25 heavy (non-hydrogen) atoms. The van der Waals surface area contributed by atoms with Crippen molar-refractivity contribution < 1.29 is 22.6 Å². The minimum Gasteiger partial charge on any atom is -0.354 e. The van der Waals surface area contributed by atoms with E-state index < -0.39 is 21.8 Å². The lowest BCUT2D eigenvalue weighted by Gasteiger charge is -2.14. The summed E-state index contributed by atoms with van der Waals surface area (Å²) in [5, 5.41) is 2.49. The lowest BCUT2D eigenvalue weighted by molar-refractivity contribution is -0.122. The molecule has 0 saturated heterocycles. The minimum absolute atomic E-state index is 0.131. The molecule has 2 rings (SSSR count). The zero-order valence-electron chi connectivity index (χ0n) is 14.2. The number of hydrogen-bond acceptors (Lipinski definition) is 4. The predicted octanol–water partition coefficient (Wildman–Crippen LogP) is 2.32. The van der Waals surface area contributed by atoms with Crippen LogP contribution in [0.5, 0.6) is 0 Å². The molecule has 1 aliphatic rings. The summed E-state index contributed by atoms with van der Waals surface area (Å²) in [4.78, 5) is 23.9. The van der Waals surface area contributed by atoms with Gasteiger partial charge in [0.05, 0.1) is 11.7 Å². The largest absolute Gasteiger partial charge is 0.354 e. The fourth-order valence-electron chi connectivity index (χ4n) is 2.74. The number of carbonyl (C=O) groups is 2. The summed E-state index contributed by atoms with van der Waals surface area (Å²) in [5.74, 6) is -1.05. The van der Waals surface area contributed by atoms with Crippen LogP contribution in [-0.4, -0.2) is 37.0 Å². The van der Waals surface area contributed by atoms with Crippen molar-refractivity contribution in [3.8, 4) is 0 Å². The van der Waals surface area contributed by atoms with Crippen molar-refractivity contribution in [1.82, 2.24) is 5.32 Å². The van der Waals surface area contributed by atoms with Crippen molar-refractivity contribution in [1.29, 1.82) is 0 Å². The highest BCUT2D eigenvalue weighted by atomic mass is 32.2. The second-order valence-corrected chi connectivity index (χ2v) is 7.84. The fraction of sp³-hybridized carbons (Fsp3) is 0.444. The second kappa shape index (κ2) is 8.40. The van der Waals surface area contributed by atoms with E-state index in [9.17, 15) is 18.0 Å². The lowest BCUT2D eigenvalue weighted by atomic mass is 9.91. The van der Waals surface area contributed by atoms with Gasteiger partial charge in [-0.2, -0.15) is 8.42 Å². The highest BCUT2D eigenvalue weighted by molar-refractivity contribution is 7.85. The molecule has 0 bridgehead atoms. The molecule has 1 aromatic rings. The molecule has 7 heteroatoms.